The van der Waals surface area contributed by atoms with E-state index >= 15 is 0 Å². The number of fused-ring (bicyclic) bond motifs is 1. The van der Waals surface area contributed by atoms with Gasteiger partial charge in [-0.05, 0) is 24.2 Å². The average Bonchev–Trinajstić information content (AvgIpc) is 2.62. The molecule has 0 atom stereocenters. The topological polar surface area (TPSA) is 59.0 Å². The summed E-state index contributed by atoms with van der Waals surface area (Å²) in [5, 5.41) is 8.84. The Hall–Kier alpha value is -1.75. The fourth-order valence-electron chi connectivity index (χ4n) is 2.04. The lowest BCUT2D eigenvalue weighted by Gasteiger charge is -2.18. The van der Waals surface area contributed by atoms with Gasteiger partial charge in [-0.2, -0.15) is 0 Å². The van der Waals surface area contributed by atoms with Crippen LogP contribution in [-0.4, -0.2) is 42.3 Å². The molecular weight excluding hydrogens is 246 g/mol. The van der Waals surface area contributed by atoms with Crippen molar-refractivity contribution in [3.05, 3.63) is 23.8 Å². The van der Waals surface area contributed by atoms with Gasteiger partial charge in [-0.25, -0.2) is 0 Å². The predicted octanol–water partition coefficient (Wildman–Crippen LogP) is 1.75. The Labute approximate surface area is 112 Å². The standard InChI is InChI=1S/C14H19NO4/c1-2-15(10-14(16)17)9-11-4-5-12-13(8-11)19-7-3-6-18-12/h4-5,8H,2-3,6-7,9-10H2,1H3,(H,16,17). The van der Waals surface area contributed by atoms with Gasteiger partial charge in [0.05, 0.1) is 19.8 Å². The molecule has 0 radical (unpaired) electrons. The quantitative estimate of drug-likeness (QED) is 0.879. The number of carbonyl (C=O) groups is 1. The van der Waals surface area contributed by atoms with E-state index in [1.807, 2.05) is 30.0 Å². The first-order valence-corrected chi connectivity index (χ1v) is 6.51. The van der Waals surface area contributed by atoms with Crippen molar-refractivity contribution < 1.29 is 19.4 Å². The Morgan fingerprint density at radius 2 is 2.05 bits per heavy atom. The first-order valence-electron chi connectivity index (χ1n) is 6.51. The lowest BCUT2D eigenvalue weighted by Crippen LogP contribution is -2.29. The fourth-order valence-corrected chi connectivity index (χ4v) is 2.04. The average molecular weight is 265 g/mol. The van der Waals surface area contributed by atoms with Gasteiger partial charge in [0, 0.05) is 13.0 Å². The van der Waals surface area contributed by atoms with E-state index in [9.17, 15) is 4.79 Å². The molecule has 5 heteroatoms. The van der Waals surface area contributed by atoms with Crippen LogP contribution in [-0.2, 0) is 11.3 Å². The van der Waals surface area contributed by atoms with Gasteiger partial charge >= 0.3 is 5.97 Å². The molecule has 0 aromatic heterocycles. The zero-order valence-electron chi connectivity index (χ0n) is 11.1. The minimum absolute atomic E-state index is 0.0466. The Morgan fingerprint density at radius 3 is 2.74 bits per heavy atom. The van der Waals surface area contributed by atoms with Gasteiger partial charge in [-0.15, -0.1) is 0 Å². The van der Waals surface area contributed by atoms with Crippen molar-refractivity contribution in [2.75, 3.05) is 26.3 Å². The number of nitrogens with zero attached hydrogens (tertiary/aromatic N) is 1. The lowest BCUT2D eigenvalue weighted by molar-refractivity contribution is -0.138. The van der Waals surface area contributed by atoms with Crippen LogP contribution < -0.4 is 9.47 Å². The van der Waals surface area contributed by atoms with E-state index in [1.165, 1.54) is 0 Å². The van der Waals surface area contributed by atoms with Crippen molar-refractivity contribution in [3.63, 3.8) is 0 Å². The van der Waals surface area contributed by atoms with Gasteiger partial charge in [0.2, 0.25) is 0 Å². The molecule has 1 N–H and O–H groups in total. The molecule has 0 bridgehead atoms. The van der Waals surface area contributed by atoms with Crippen LogP contribution in [0.5, 0.6) is 11.5 Å². The number of hydrogen-bond donors (Lipinski definition) is 1. The Morgan fingerprint density at radius 1 is 1.32 bits per heavy atom. The van der Waals surface area contributed by atoms with E-state index in [1.54, 1.807) is 0 Å². The van der Waals surface area contributed by atoms with E-state index in [2.05, 4.69) is 0 Å². The summed E-state index contributed by atoms with van der Waals surface area (Å²) in [5.74, 6) is 0.708. The number of carboxylic acids is 1. The molecule has 0 spiro atoms. The maximum atomic E-state index is 10.8. The second kappa shape index (κ2) is 6.43. The highest BCUT2D eigenvalue weighted by Crippen LogP contribution is 2.30. The third-order valence-electron chi connectivity index (χ3n) is 3.02. The summed E-state index contributed by atoms with van der Waals surface area (Å²) in [6, 6.07) is 5.79. The van der Waals surface area contributed by atoms with Gasteiger partial charge in [-0.3, -0.25) is 9.69 Å². The van der Waals surface area contributed by atoms with Crippen LogP contribution in [0, 0.1) is 0 Å². The van der Waals surface area contributed by atoms with Crippen molar-refractivity contribution in [1.82, 2.24) is 4.90 Å². The van der Waals surface area contributed by atoms with Crippen molar-refractivity contribution in [1.29, 1.82) is 0 Å². The molecule has 1 heterocycles. The summed E-state index contributed by atoms with van der Waals surface area (Å²) in [4.78, 5) is 12.6. The van der Waals surface area contributed by atoms with Crippen molar-refractivity contribution in [2.45, 2.75) is 19.9 Å². The molecule has 1 aromatic rings. The molecule has 2 rings (SSSR count). The Bertz CT molecular complexity index is 447. The number of rotatable bonds is 5. The molecule has 5 nitrogen and oxygen atoms in total. The molecule has 0 fully saturated rings. The summed E-state index contributed by atoms with van der Waals surface area (Å²) in [6.07, 6.45) is 0.879. The predicted molar refractivity (Wildman–Crippen MR) is 70.6 cm³/mol. The first-order chi connectivity index (χ1) is 9.19. The molecule has 0 saturated heterocycles. The van der Waals surface area contributed by atoms with Crippen molar-refractivity contribution >= 4 is 5.97 Å². The molecule has 0 aliphatic carbocycles. The van der Waals surface area contributed by atoms with Crippen LogP contribution in [0.1, 0.15) is 18.9 Å². The molecule has 1 aliphatic heterocycles. The maximum Gasteiger partial charge on any atom is 0.317 e. The second-order valence-electron chi connectivity index (χ2n) is 4.53. The van der Waals surface area contributed by atoms with Crippen LogP contribution >= 0.6 is 0 Å². The second-order valence-corrected chi connectivity index (χ2v) is 4.53. The zero-order valence-corrected chi connectivity index (χ0v) is 11.1. The molecule has 0 unspecified atom stereocenters. The number of likely N-dealkylation sites (N-methyl/N-ethyl adjacent to an activating group) is 1. The highest BCUT2D eigenvalue weighted by atomic mass is 16.5. The summed E-state index contributed by atoms with van der Waals surface area (Å²) >= 11 is 0. The number of ether oxygens (including phenoxy) is 2. The normalized spacial score (nSPS) is 14.2. The molecule has 0 saturated carbocycles. The van der Waals surface area contributed by atoms with Gasteiger partial charge in [0.1, 0.15) is 0 Å². The SMILES string of the molecule is CCN(CC(=O)O)Cc1ccc2c(c1)OCCCO2. The fraction of sp³-hybridized carbons (Fsp3) is 0.500. The van der Waals surface area contributed by atoms with E-state index in [4.69, 9.17) is 14.6 Å². The van der Waals surface area contributed by atoms with Gasteiger partial charge in [-0.1, -0.05) is 13.0 Å². The molecular formula is C14H19NO4. The van der Waals surface area contributed by atoms with Gasteiger partial charge in [0.25, 0.3) is 0 Å². The summed E-state index contributed by atoms with van der Waals surface area (Å²) in [7, 11) is 0. The third-order valence-corrected chi connectivity index (χ3v) is 3.02. The maximum absolute atomic E-state index is 10.8. The van der Waals surface area contributed by atoms with Gasteiger partial charge < -0.3 is 14.6 Å². The monoisotopic (exact) mass is 265 g/mol. The number of aliphatic carboxylic acids is 1. The Kier molecular flexibility index (Phi) is 4.63. The first kappa shape index (κ1) is 13.7. The third kappa shape index (κ3) is 3.86. The van der Waals surface area contributed by atoms with Crippen molar-refractivity contribution in [2.24, 2.45) is 0 Å². The van der Waals surface area contributed by atoms with E-state index < -0.39 is 5.97 Å². The summed E-state index contributed by atoms with van der Waals surface area (Å²) < 4.78 is 11.2. The van der Waals surface area contributed by atoms with Crippen LogP contribution in [0.2, 0.25) is 0 Å². The van der Waals surface area contributed by atoms with Gasteiger partial charge in [0.15, 0.2) is 11.5 Å². The van der Waals surface area contributed by atoms with E-state index in [0.29, 0.717) is 26.3 Å². The number of carboxylic acid groups (broad SMARTS) is 1. The number of hydrogen-bond acceptors (Lipinski definition) is 4. The van der Waals surface area contributed by atoms with Crippen molar-refractivity contribution in [3.8, 4) is 11.5 Å². The van der Waals surface area contributed by atoms with E-state index in [-0.39, 0.29) is 6.54 Å². The minimum atomic E-state index is -0.809. The van der Waals surface area contributed by atoms with Crippen LogP contribution in [0.3, 0.4) is 0 Å². The minimum Gasteiger partial charge on any atom is -0.490 e. The van der Waals surface area contributed by atoms with Crippen LogP contribution in [0.25, 0.3) is 0 Å². The number of benzene rings is 1. The molecule has 1 aliphatic rings. The summed E-state index contributed by atoms with van der Waals surface area (Å²) in [5.41, 5.74) is 1.03. The molecule has 19 heavy (non-hydrogen) atoms. The highest BCUT2D eigenvalue weighted by Gasteiger charge is 2.13. The molecule has 0 amide bonds. The molecule has 104 valence electrons. The van der Waals surface area contributed by atoms with Crippen LogP contribution in [0.4, 0.5) is 0 Å². The lowest BCUT2D eigenvalue weighted by atomic mass is 10.2. The Balaban J connectivity index is 2.08. The smallest absolute Gasteiger partial charge is 0.317 e. The summed E-state index contributed by atoms with van der Waals surface area (Å²) in [6.45, 7) is 4.62. The van der Waals surface area contributed by atoms with Crippen LogP contribution in [0.15, 0.2) is 18.2 Å². The largest absolute Gasteiger partial charge is 0.490 e. The van der Waals surface area contributed by atoms with E-state index in [0.717, 1.165) is 23.5 Å². The highest BCUT2D eigenvalue weighted by molar-refractivity contribution is 5.69. The molecule has 1 aromatic carbocycles. The zero-order chi connectivity index (χ0) is 13.7.